The minimum Gasteiger partial charge on any atom is -0.497 e. The third-order valence-electron chi connectivity index (χ3n) is 5.29. The molecule has 0 saturated heterocycles. The number of ether oxygens (including phenoxy) is 2. The predicted octanol–water partition coefficient (Wildman–Crippen LogP) is 3.10. The van der Waals surface area contributed by atoms with E-state index in [1.54, 1.807) is 14.2 Å². The summed E-state index contributed by atoms with van der Waals surface area (Å²) < 4.78 is 10.9. The van der Waals surface area contributed by atoms with Crippen LogP contribution in [0.15, 0.2) is 29.3 Å². The zero-order valence-electron chi connectivity index (χ0n) is 16.3. The maximum atomic E-state index is 5.47. The lowest BCUT2D eigenvalue weighted by atomic mass is 9.78. The second-order valence-corrected chi connectivity index (χ2v) is 7.46. The Morgan fingerprint density at radius 3 is 2.52 bits per heavy atom. The highest BCUT2D eigenvalue weighted by Crippen LogP contribution is 2.41. The van der Waals surface area contributed by atoms with Gasteiger partial charge >= 0.3 is 0 Å². The van der Waals surface area contributed by atoms with Crippen molar-refractivity contribution in [3.8, 4) is 5.75 Å². The lowest BCUT2D eigenvalue weighted by molar-refractivity contribution is 0.0268. The summed E-state index contributed by atoms with van der Waals surface area (Å²) in [5.74, 6) is 1.74. The monoisotopic (exact) mass is 347 g/mol. The van der Waals surface area contributed by atoms with E-state index in [2.05, 4.69) is 47.7 Å². The molecule has 0 bridgehead atoms. The van der Waals surface area contributed by atoms with E-state index in [9.17, 15) is 0 Å². The molecular weight excluding hydrogens is 314 g/mol. The Morgan fingerprint density at radius 1 is 1.20 bits per heavy atom. The Balaban J connectivity index is 2.06. The van der Waals surface area contributed by atoms with E-state index in [-0.39, 0.29) is 11.0 Å². The molecule has 25 heavy (non-hydrogen) atoms. The van der Waals surface area contributed by atoms with Gasteiger partial charge < -0.3 is 20.1 Å². The van der Waals surface area contributed by atoms with Crippen LogP contribution in [0.2, 0.25) is 0 Å². The number of methoxy groups -OCH3 is 2. The number of nitrogens with one attached hydrogen (secondary N) is 2. The van der Waals surface area contributed by atoms with Gasteiger partial charge in [0.1, 0.15) is 5.75 Å². The fourth-order valence-corrected chi connectivity index (χ4v) is 3.41. The first kappa shape index (κ1) is 19.6. The first-order chi connectivity index (χ1) is 11.9. The van der Waals surface area contributed by atoms with Crippen molar-refractivity contribution >= 4 is 5.96 Å². The van der Waals surface area contributed by atoms with E-state index in [1.165, 1.54) is 31.2 Å². The largest absolute Gasteiger partial charge is 0.497 e. The zero-order chi connectivity index (χ0) is 18.3. The molecule has 1 fully saturated rings. The smallest absolute Gasteiger partial charge is 0.191 e. The molecule has 1 aliphatic carbocycles. The first-order valence-electron chi connectivity index (χ1n) is 9.09. The SMILES string of the molecule is CN=C(NCC(C)(C)OC)NCC1(c2cccc(OC)c2)CCCC1. The van der Waals surface area contributed by atoms with Gasteiger partial charge in [-0.15, -0.1) is 0 Å². The van der Waals surface area contributed by atoms with Crippen LogP contribution >= 0.6 is 0 Å². The highest BCUT2D eigenvalue weighted by molar-refractivity contribution is 5.79. The van der Waals surface area contributed by atoms with Gasteiger partial charge in [-0.3, -0.25) is 4.99 Å². The standard InChI is InChI=1S/C20H33N3O2/c1-19(2,25-5)14-22-18(21-3)23-15-20(11-6-7-12-20)16-9-8-10-17(13-16)24-4/h8-10,13H,6-7,11-12,14-15H2,1-5H3,(H2,21,22,23). The number of rotatable bonds is 7. The van der Waals surface area contributed by atoms with Crippen LogP contribution in [0.5, 0.6) is 5.75 Å². The predicted molar refractivity (Wildman–Crippen MR) is 104 cm³/mol. The van der Waals surface area contributed by atoms with Crippen LogP contribution in [0.3, 0.4) is 0 Å². The highest BCUT2D eigenvalue weighted by atomic mass is 16.5. The van der Waals surface area contributed by atoms with E-state index in [0.29, 0.717) is 6.54 Å². The van der Waals surface area contributed by atoms with Crippen LogP contribution in [0.4, 0.5) is 0 Å². The number of guanidine groups is 1. The molecule has 2 N–H and O–H groups in total. The molecule has 0 atom stereocenters. The summed E-state index contributed by atoms with van der Waals surface area (Å²) in [4.78, 5) is 4.36. The van der Waals surface area contributed by atoms with E-state index in [1.807, 2.05) is 13.1 Å². The summed E-state index contributed by atoms with van der Waals surface area (Å²) in [5, 5.41) is 6.89. The average Bonchev–Trinajstić information content (AvgIpc) is 3.12. The summed E-state index contributed by atoms with van der Waals surface area (Å²) in [6.45, 7) is 5.69. The van der Waals surface area contributed by atoms with Gasteiger partial charge in [0.2, 0.25) is 0 Å². The molecule has 0 unspecified atom stereocenters. The van der Waals surface area contributed by atoms with E-state index in [4.69, 9.17) is 9.47 Å². The lowest BCUT2D eigenvalue weighted by Crippen LogP contribution is -2.48. The zero-order valence-corrected chi connectivity index (χ0v) is 16.3. The fraction of sp³-hybridized carbons (Fsp3) is 0.650. The van der Waals surface area contributed by atoms with Crippen molar-refractivity contribution in [1.29, 1.82) is 0 Å². The Bertz CT molecular complexity index is 578. The molecule has 5 nitrogen and oxygen atoms in total. The minimum atomic E-state index is -0.227. The van der Waals surface area contributed by atoms with Crippen LogP contribution in [-0.4, -0.2) is 45.9 Å². The molecule has 1 aromatic carbocycles. The van der Waals surface area contributed by atoms with Crippen molar-refractivity contribution < 1.29 is 9.47 Å². The van der Waals surface area contributed by atoms with Crippen molar-refractivity contribution in [2.24, 2.45) is 4.99 Å². The Labute approximate surface area is 152 Å². The van der Waals surface area contributed by atoms with Gasteiger partial charge in [0.05, 0.1) is 12.7 Å². The van der Waals surface area contributed by atoms with Gasteiger partial charge in [-0.2, -0.15) is 0 Å². The summed E-state index contributed by atoms with van der Waals surface area (Å²) in [5.41, 5.74) is 1.27. The molecule has 2 rings (SSSR count). The third-order valence-corrected chi connectivity index (χ3v) is 5.29. The molecule has 5 heteroatoms. The lowest BCUT2D eigenvalue weighted by Gasteiger charge is -2.31. The molecule has 140 valence electrons. The summed E-state index contributed by atoms with van der Waals surface area (Å²) in [7, 11) is 5.26. The molecule has 0 spiro atoms. The summed E-state index contributed by atoms with van der Waals surface area (Å²) in [6.07, 6.45) is 4.91. The number of hydrogen-bond acceptors (Lipinski definition) is 3. The molecule has 1 aliphatic rings. The topological polar surface area (TPSA) is 54.9 Å². The quantitative estimate of drug-likeness (QED) is 0.588. The molecule has 0 aliphatic heterocycles. The Hall–Kier alpha value is -1.75. The van der Waals surface area contributed by atoms with Gasteiger partial charge in [-0.25, -0.2) is 0 Å². The van der Waals surface area contributed by atoms with Crippen molar-refractivity contribution in [3.05, 3.63) is 29.8 Å². The normalized spacial score (nSPS) is 17.4. The number of nitrogens with zero attached hydrogens (tertiary/aromatic N) is 1. The van der Waals surface area contributed by atoms with Crippen LogP contribution in [0.1, 0.15) is 45.1 Å². The fourth-order valence-electron chi connectivity index (χ4n) is 3.41. The van der Waals surface area contributed by atoms with Crippen LogP contribution in [0.25, 0.3) is 0 Å². The van der Waals surface area contributed by atoms with Crippen molar-refractivity contribution in [2.75, 3.05) is 34.4 Å². The van der Waals surface area contributed by atoms with Gasteiger partial charge in [0.25, 0.3) is 0 Å². The van der Waals surface area contributed by atoms with Crippen LogP contribution in [-0.2, 0) is 10.2 Å². The van der Waals surface area contributed by atoms with Crippen molar-refractivity contribution in [2.45, 2.75) is 50.5 Å². The van der Waals surface area contributed by atoms with Crippen molar-refractivity contribution in [3.63, 3.8) is 0 Å². The Kier molecular flexibility index (Phi) is 6.71. The van der Waals surface area contributed by atoms with Gasteiger partial charge in [-0.1, -0.05) is 25.0 Å². The second kappa shape index (κ2) is 8.56. The molecule has 0 aromatic heterocycles. The third kappa shape index (κ3) is 5.11. The van der Waals surface area contributed by atoms with Crippen LogP contribution in [0, 0.1) is 0 Å². The van der Waals surface area contributed by atoms with Gasteiger partial charge in [-0.05, 0) is 44.4 Å². The van der Waals surface area contributed by atoms with E-state index < -0.39 is 0 Å². The number of benzene rings is 1. The number of aliphatic imine (C=N–C) groups is 1. The Morgan fingerprint density at radius 2 is 1.92 bits per heavy atom. The molecule has 0 radical (unpaired) electrons. The molecule has 0 amide bonds. The summed E-state index contributed by atoms with van der Waals surface area (Å²) >= 11 is 0. The summed E-state index contributed by atoms with van der Waals surface area (Å²) in [6, 6.07) is 8.49. The highest BCUT2D eigenvalue weighted by Gasteiger charge is 2.36. The second-order valence-electron chi connectivity index (χ2n) is 7.46. The molecular formula is C20H33N3O2. The van der Waals surface area contributed by atoms with E-state index >= 15 is 0 Å². The van der Waals surface area contributed by atoms with Gasteiger partial charge in [0.15, 0.2) is 5.96 Å². The molecule has 1 aromatic rings. The number of hydrogen-bond donors (Lipinski definition) is 2. The maximum absolute atomic E-state index is 5.47. The van der Waals surface area contributed by atoms with Crippen LogP contribution < -0.4 is 15.4 Å². The molecule has 1 saturated carbocycles. The maximum Gasteiger partial charge on any atom is 0.191 e. The van der Waals surface area contributed by atoms with Gasteiger partial charge in [0, 0.05) is 32.7 Å². The first-order valence-corrected chi connectivity index (χ1v) is 9.09. The minimum absolute atomic E-state index is 0.142. The molecule has 0 heterocycles. The average molecular weight is 348 g/mol. The van der Waals surface area contributed by atoms with Crippen molar-refractivity contribution in [1.82, 2.24) is 10.6 Å². The van der Waals surface area contributed by atoms with E-state index in [0.717, 1.165) is 18.3 Å².